The first-order valence-corrected chi connectivity index (χ1v) is 9.36. The van der Waals surface area contributed by atoms with Crippen molar-refractivity contribution in [1.82, 2.24) is 9.97 Å². The molecule has 28 heavy (non-hydrogen) atoms. The molecule has 0 radical (unpaired) electrons. The van der Waals surface area contributed by atoms with Crippen LogP contribution in [0, 0.1) is 11.3 Å². The van der Waals surface area contributed by atoms with Crippen molar-refractivity contribution in [2.75, 3.05) is 0 Å². The summed E-state index contributed by atoms with van der Waals surface area (Å²) in [5, 5.41) is 21.0. The molecule has 0 spiro atoms. The molecular formula is C21H15N3O3S. The normalized spacial score (nSPS) is 13.1. The number of imidazole rings is 1. The van der Waals surface area contributed by atoms with Gasteiger partial charge in [0.05, 0.1) is 11.0 Å². The molecule has 0 saturated heterocycles. The first-order valence-electron chi connectivity index (χ1n) is 8.54. The van der Waals surface area contributed by atoms with Crippen molar-refractivity contribution in [2.45, 2.75) is 13.0 Å². The van der Waals surface area contributed by atoms with Crippen LogP contribution in [0.15, 0.2) is 60.4 Å². The summed E-state index contributed by atoms with van der Waals surface area (Å²) in [6.07, 6.45) is -0.999. The third-order valence-corrected chi connectivity index (χ3v) is 5.39. The average molecular weight is 389 g/mol. The molecule has 0 aliphatic carbocycles. The Bertz CT molecular complexity index is 1200. The molecule has 0 unspecified atom stereocenters. The van der Waals surface area contributed by atoms with Gasteiger partial charge in [-0.1, -0.05) is 30.3 Å². The summed E-state index contributed by atoms with van der Waals surface area (Å²) in [5.41, 5.74) is 1.36. The Morgan fingerprint density at radius 3 is 2.75 bits per heavy atom. The zero-order valence-corrected chi connectivity index (χ0v) is 15.7. The van der Waals surface area contributed by atoms with E-state index in [1.54, 1.807) is 12.1 Å². The Balaban J connectivity index is 1.60. The molecule has 6 nitrogen and oxygen atoms in total. The first kappa shape index (κ1) is 17.8. The van der Waals surface area contributed by atoms with Gasteiger partial charge >= 0.3 is 5.97 Å². The van der Waals surface area contributed by atoms with Crippen LogP contribution in [0.2, 0.25) is 0 Å². The summed E-state index contributed by atoms with van der Waals surface area (Å²) in [5.74, 6) is -0.677. The molecule has 0 fully saturated rings. The zero-order valence-electron chi connectivity index (χ0n) is 14.8. The minimum atomic E-state index is -0.999. The van der Waals surface area contributed by atoms with Gasteiger partial charge in [-0.25, -0.2) is 9.78 Å². The number of rotatable bonds is 4. The van der Waals surface area contributed by atoms with Gasteiger partial charge in [-0.15, -0.1) is 11.3 Å². The number of H-pyrrole nitrogens is 1. The summed E-state index contributed by atoms with van der Waals surface area (Å²) in [6.45, 7) is 1.51. The summed E-state index contributed by atoms with van der Waals surface area (Å²) in [7, 11) is 0. The Morgan fingerprint density at radius 1 is 1.25 bits per heavy atom. The molecule has 0 aliphatic heterocycles. The number of aromatic nitrogens is 2. The third kappa shape index (κ3) is 3.21. The molecular weight excluding hydrogens is 374 g/mol. The van der Waals surface area contributed by atoms with E-state index in [1.165, 1.54) is 18.3 Å². The van der Waals surface area contributed by atoms with E-state index in [4.69, 9.17) is 4.74 Å². The van der Waals surface area contributed by atoms with Crippen molar-refractivity contribution >= 4 is 44.0 Å². The van der Waals surface area contributed by atoms with E-state index in [0.29, 0.717) is 10.4 Å². The predicted octanol–water partition coefficient (Wildman–Crippen LogP) is 4.82. The topological polar surface area (TPSA) is 99.0 Å². The second-order valence-corrected chi connectivity index (χ2v) is 7.25. The Hall–Kier alpha value is -3.63. The van der Waals surface area contributed by atoms with Gasteiger partial charge in [0, 0.05) is 4.70 Å². The molecule has 138 valence electrons. The molecule has 2 aromatic carbocycles. The Labute approximate surface area is 164 Å². The van der Waals surface area contributed by atoms with E-state index < -0.39 is 12.1 Å². The molecule has 2 aromatic heterocycles. The second-order valence-electron chi connectivity index (χ2n) is 6.17. The lowest BCUT2D eigenvalue weighted by atomic mass is 10.1. The van der Waals surface area contributed by atoms with Crippen LogP contribution in [0.25, 0.3) is 26.7 Å². The Morgan fingerprint density at radius 2 is 2.00 bits per heavy atom. The number of carbonyl (C=O) groups excluding carboxylic acids is 1. The monoisotopic (exact) mass is 389 g/mol. The van der Waals surface area contributed by atoms with E-state index >= 15 is 0 Å². The molecule has 4 rings (SSSR count). The summed E-state index contributed by atoms with van der Waals surface area (Å²) in [4.78, 5) is 20.2. The lowest BCUT2D eigenvalue weighted by Gasteiger charge is -2.12. The highest BCUT2D eigenvalue weighted by molar-refractivity contribution is 7.20. The number of para-hydroxylation sites is 2. The smallest absolute Gasteiger partial charge is 0.349 e. The standard InChI is InChI=1S/C21H15N3O3S/c1-12(27-21(26)18-10-13-6-2-5-9-17(13)28-18)19(25)14(11-22)20-23-15-7-3-4-8-16(15)24-20/h2-10,12,25H,1H3,(H,23,24)/b19-14-/t12-/m0/s1. The lowest BCUT2D eigenvalue weighted by Crippen LogP contribution is -2.18. The number of fused-ring (bicyclic) bond motifs is 2. The summed E-state index contributed by atoms with van der Waals surface area (Å²) < 4.78 is 6.35. The van der Waals surface area contributed by atoms with Crippen molar-refractivity contribution in [3.05, 3.63) is 71.1 Å². The van der Waals surface area contributed by atoms with Crippen molar-refractivity contribution in [1.29, 1.82) is 5.26 Å². The van der Waals surface area contributed by atoms with Crippen LogP contribution in [0.4, 0.5) is 0 Å². The molecule has 1 atom stereocenters. The van der Waals surface area contributed by atoms with Crippen LogP contribution in [-0.2, 0) is 4.74 Å². The molecule has 0 aliphatic rings. The number of benzene rings is 2. The fraction of sp³-hybridized carbons (Fsp3) is 0.0952. The predicted molar refractivity (Wildman–Crippen MR) is 108 cm³/mol. The number of aliphatic hydroxyl groups is 1. The van der Waals surface area contributed by atoms with Gasteiger partial charge in [0.1, 0.15) is 16.5 Å². The van der Waals surface area contributed by atoms with E-state index in [0.717, 1.165) is 15.6 Å². The molecule has 0 bridgehead atoms. The number of aromatic amines is 1. The molecule has 0 saturated carbocycles. The van der Waals surface area contributed by atoms with E-state index in [2.05, 4.69) is 9.97 Å². The quantitative estimate of drug-likeness (QED) is 0.296. The maximum atomic E-state index is 12.5. The van der Waals surface area contributed by atoms with Crippen LogP contribution in [0.5, 0.6) is 0 Å². The average Bonchev–Trinajstić information content (AvgIpc) is 3.32. The molecule has 2 heterocycles. The van der Waals surface area contributed by atoms with Crippen molar-refractivity contribution in [2.24, 2.45) is 0 Å². The van der Waals surface area contributed by atoms with Gasteiger partial charge in [-0.3, -0.25) is 0 Å². The first-order chi connectivity index (χ1) is 13.6. The maximum Gasteiger partial charge on any atom is 0.349 e. The number of allylic oxidation sites excluding steroid dienone is 1. The number of nitriles is 1. The molecule has 2 N–H and O–H groups in total. The van der Waals surface area contributed by atoms with Crippen molar-refractivity contribution in [3.63, 3.8) is 0 Å². The van der Waals surface area contributed by atoms with E-state index in [9.17, 15) is 15.2 Å². The Kier molecular flexibility index (Phi) is 4.55. The van der Waals surface area contributed by atoms with Crippen LogP contribution in [0.3, 0.4) is 0 Å². The SMILES string of the molecule is C[C@H](OC(=O)c1cc2ccccc2s1)/C(O)=C(\C#N)c1nc2ccccc2[nH]1. The van der Waals surface area contributed by atoms with E-state index in [-0.39, 0.29) is 17.2 Å². The number of hydrogen-bond donors (Lipinski definition) is 2. The fourth-order valence-electron chi connectivity index (χ4n) is 2.86. The lowest BCUT2D eigenvalue weighted by molar-refractivity contribution is 0.0340. The number of aliphatic hydroxyl groups excluding tert-OH is 1. The summed E-state index contributed by atoms with van der Waals surface area (Å²) >= 11 is 1.32. The number of carbonyl (C=O) groups is 1. The molecule has 4 aromatic rings. The van der Waals surface area contributed by atoms with Gasteiger partial charge in [0.2, 0.25) is 0 Å². The molecule has 7 heteroatoms. The van der Waals surface area contributed by atoms with Gasteiger partial charge in [-0.2, -0.15) is 5.26 Å². The van der Waals surface area contributed by atoms with Gasteiger partial charge in [0.15, 0.2) is 17.7 Å². The van der Waals surface area contributed by atoms with Crippen LogP contribution < -0.4 is 0 Å². The summed E-state index contributed by atoms with van der Waals surface area (Å²) in [6, 6.07) is 18.6. The van der Waals surface area contributed by atoms with Crippen LogP contribution >= 0.6 is 11.3 Å². The van der Waals surface area contributed by atoms with Gasteiger partial charge in [-0.05, 0) is 36.6 Å². The van der Waals surface area contributed by atoms with Gasteiger partial charge in [0.25, 0.3) is 0 Å². The zero-order chi connectivity index (χ0) is 19.7. The number of thiophene rings is 1. The minimum Gasteiger partial charge on any atom is -0.507 e. The largest absolute Gasteiger partial charge is 0.507 e. The van der Waals surface area contributed by atoms with Crippen molar-refractivity contribution < 1.29 is 14.6 Å². The number of esters is 1. The maximum absolute atomic E-state index is 12.5. The highest BCUT2D eigenvalue weighted by Crippen LogP contribution is 2.27. The third-order valence-electron chi connectivity index (χ3n) is 4.29. The van der Waals surface area contributed by atoms with E-state index in [1.807, 2.05) is 48.5 Å². The highest BCUT2D eigenvalue weighted by Gasteiger charge is 2.22. The number of ether oxygens (including phenoxy) is 1. The highest BCUT2D eigenvalue weighted by atomic mass is 32.1. The van der Waals surface area contributed by atoms with Gasteiger partial charge < -0.3 is 14.8 Å². The number of hydrogen-bond acceptors (Lipinski definition) is 6. The molecule has 0 amide bonds. The van der Waals surface area contributed by atoms with Crippen LogP contribution in [0.1, 0.15) is 22.4 Å². The number of nitrogens with one attached hydrogen (secondary N) is 1. The second kappa shape index (κ2) is 7.18. The fourth-order valence-corrected chi connectivity index (χ4v) is 3.81. The number of nitrogens with zero attached hydrogens (tertiary/aromatic N) is 2. The minimum absolute atomic E-state index is 0.0622. The van der Waals surface area contributed by atoms with Crippen LogP contribution in [-0.4, -0.2) is 27.1 Å². The van der Waals surface area contributed by atoms with Crippen molar-refractivity contribution in [3.8, 4) is 6.07 Å².